The Kier molecular flexibility index (Phi) is 22.6. The molecule has 1 fully saturated rings. The van der Waals surface area contributed by atoms with Crippen molar-refractivity contribution in [2.45, 2.75) is 179 Å². The number of alkyl halides is 3. The molecule has 50 heavy (non-hydrogen) atoms. The number of rotatable bonds is 28. The molecular weight excluding hydrogens is 651 g/mol. The molecule has 0 saturated carbocycles. The Labute approximate surface area is 296 Å². The van der Waals surface area contributed by atoms with E-state index >= 15 is 0 Å². The molecule has 9 nitrogen and oxygen atoms in total. The van der Waals surface area contributed by atoms with E-state index in [9.17, 15) is 27.6 Å². The van der Waals surface area contributed by atoms with Crippen LogP contribution in [0.1, 0.15) is 166 Å². The van der Waals surface area contributed by atoms with Gasteiger partial charge in [-0.1, -0.05) is 148 Å². The van der Waals surface area contributed by atoms with Crippen LogP contribution in [-0.2, 0) is 20.4 Å². The molecule has 12 heteroatoms. The molecule has 0 aromatic carbocycles. The van der Waals surface area contributed by atoms with Gasteiger partial charge in [0.25, 0.3) is 5.56 Å². The Morgan fingerprint density at radius 3 is 1.82 bits per heavy atom. The van der Waals surface area contributed by atoms with Gasteiger partial charge in [0, 0.05) is 19.2 Å². The standard InChI is InChI=1S/C38H62F3N3O6/c1-3-5-6-7-8-9-10-11-12-13-14-15-16-17-18-19-20-21-22-23-24-25-26-42-37(47)49-30-33-32(48-27-4-2)28-34(50-33)44-29-31(38(39,40)41)35(45)43-36(44)46/h2,29,32-34H,3,5-28,30H2,1H3,(H,42,47)(H,43,45,46)/t32-,33+,34+/m0/s1. The molecule has 3 atom stereocenters. The minimum atomic E-state index is -4.97. The van der Waals surface area contributed by atoms with Gasteiger partial charge in [0.1, 0.15) is 31.1 Å². The van der Waals surface area contributed by atoms with Crippen molar-refractivity contribution in [3.05, 3.63) is 32.6 Å². The zero-order valence-corrected chi connectivity index (χ0v) is 30.3. The number of aromatic amines is 1. The van der Waals surface area contributed by atoms with Crippen LogP contribution in [0.5, 0.6) is 0 Å². The number of H-pyrrole nitrogens is 1. The van der Waals surface area contributed by atoms with Gasteiger partial charge >= 0.3 is 18.0 Å². The van der Waals surface area contributed by atoms with Crippen LogP contribution in [0.15, 0.2) is 15.8 Å². The Bertz CT molecular complexity index is 1210. The average molecular weight is 714 g/mol. The minimum Gasteiger partial charge on any atom is -0.447 e. The highest BCUT2D eigenvalue weighted by atomic mass is 19.4. The van der Waals surface area contributed by atoms with Crippen LogP contribution < -0.4 is 16.6 Å². The monoisotopic (exact) mass is 713 g/mol. The number of carbonyl (C=O) groups excluding carboxylic acids is 1. The Morgan fingerprint density at radius 2 is 1.36 bits per heavy atom. The Hall–Kier alpha value is -2.78. The van der Waals surface area contributed by atoms with Crippen LogP contribution >= 0.6 is 0 Å². The predicted molar refractivity (Wildman–Crippen MR) is 190 cm³/mol. The summed E-state index contributed by atoms with van der Waals surface area (Å²) in [6, 6.07) is 0. The van der Waals surface area contributed by atoms with Gasteiger partial charge < -0.3 is 19.5 Å². The van der Waals surface area contributed by atoms with Gasteiger partial charge in [0.05, 0.1) is 6.10 Å². The summed E-state index contributed by atoms with van der Waals surface area (Å²) in [5, 5.41) is 2.70. The van der Waals surface area contributed by atoms with Crippen molar-refractivity contribution < 1.29 is 32.2 Å². The van der Waals surface area contributed by atoms with Crippen LogP contribution in [0, 0.1) is 12.3 Å². The van der Waals surface area contributed by atoms with E-state index in [2.05, 4.69) is 18.2 Å². The number of nitrogens with one attached hydrogen (secondary N) is 2. The average Bonchev–Trinajstić information content (AvgIpc) is 3.48. The fourth-order valence-electron chi connectivity index (χ4n) is 6.39. The minimum absolute atomic E-state index is 0.0416. The molecule has 0 aliphatic carbocycles. The molecule has 2 rings (SSSR count). The summed E-state index contributed by atoms with van der Waals surface area (Å²) < 4.78 is 56.9. The first kappa shape index (κ1) is 43.4. The second-order valence-electron chi connectivity index (χ2n) is 13.6. The molecule has 0 unspecified atom stereocenters. The summed E-state index contributed by atoms with van der Waals surface area (Å²) in [7, 11) is 0. The molecular formula is C38H62F3N3O6. The van der Waals surface area contributed by atoms with E-state index in [0.717, 1.165) is 19.3 Å². The Balaban J connectivity index is 1.47. The predicted octanol–water partition coefficient (Wildman–Crippen LogP) is 9.19. The lowest BCUT2D eigenvalue weighted by Crippen LogP contribution is -2.36. The molecule has 286 valence electrons. The number of ether oxygens (including phenoxy) is 3. The lowest BCUT2D eigenvalue weighted by molar-refractivity contribution is -0.139. The number of alkyl carbamates (subject to hydrolysis) is 1. The molecule has 1 aromatic heterocycles. The van der Waals surface area contributed by atoms with Gasteiger partial charge in [-0.05, 0) is 6.42 Å². The molecule has 1 saturated heterocycles. The normalized spacial score (nSPS) is 17.5. The largest absolute Gasteiger partial charge is 0.447 e. The van der Waals surface area contributed by atoms with Gasteiger partial charge in [-0.25, -0.2) is 9.59 Å². The number of aromatic nitrogens is 2. The summed E-state index contributed by atoms with van der Waals surface area (Å²) in [6.07, 6.45) is 26.0. The van der Waals surface area contributed by atoms with Gasteiger partial charge in [-0.2, -0.15) is 13.2 Å². The van der Waals surface area contributed by atoms with E-state index < -0.39 is 47.5 Å². The van der Waals surface area contributed by atoms with E-state index in [1.807, 2.05) is 0 Å². The van der Waals surface area contributed by atoms with Crippen LogP contribution in [0.25, 0.3) is 0 Å². The number of terminal acetylenes is 1. The topological polar surface area (TPSA) is 112 Å². The lowest BCUT2D eigenvalue weighted by Gasteiger charge is -2.18. The molecule has 2 heterocycles. The first-order valence-corrected chi connectivity index (χ1v) is 19.2. The maximum absolute atomic E-state index is 13.2. The van der Waals surface area contributed by atoms with Crippen LogP contribution in [0.2, 0.25) is 0 Å². The number of hydrogen-bond donors (Lipinski definition) is 2. The highest BCUT2D eigenvalue weighted by Crippen LogP contribution is 2.32. The quantitative estimate of drug-likeness (QED) is 0.0662. The molecule has 2 N–H and O–H groups in total. The van der Waals surface area contributed by atoms with E-state index in [1.54, 1.807) is 4.98 Å². The van der Waals surface area contributed by atoms with E-state index in [4.69, 9.17) is 20.6 Å². The summed E-state index contributed by atoms with van der Waals surface area (Å²) in [6.45, 7) is 2.35. The third kappa shape index (κ3) is 18.5. The summed E-state index contributed by atoms with van der Waals surface area (Å²) >= 11 is 0. The van der Waals surface area contributed by atoms with Crippen LogP contribution in [0.3, 0.4) is 0 Å². The summed E-state index contributed by atoms with van der Waals surface area (Å²) in [5.41, 5.74) is -4.14. The van der Waals surface area contributed by atoms with Crippen molar-refractivity contribution in [1.82, 2.24) is 14.9 Å². The molecule has 1 aliphatic heterocycles. The molecule has 0 spiro atoms. The second kappa shape index (κ2) is 26.1. The second-order valence-corrected chi connectivity index (χ2v) is 13.6. The highest BCUT2D eigenvalue weighted by molar-refractivity contribution is 5.67. The van der Waals surface area contributed by atoms with Crippen molar-refractivity contribution in [3.8, 4) is 12.3 Å². The van der Waals surface area contributed by atoms with Gasteiger partial charge in [-0.3, -0.25) is 14.3 Å². The van der Waals surface area contributed by atoms with Crippen LogP contribution in [0.4, 0.5) is 18.0 Å². The molecule has 1 aromatic rings. The van der Waals surface area contributed by atoms with E-state index in [0.29, 0.717) is 17.3 Å². The number of halogens is 3. The molecule has 0 radical (unpaired) electrons. The Morgan fingerprint density at radius 1 is 0.880 bits per heavy atom. The number of nitrogens with zero attached hydrogens (tertiary/aromatic N) is 1. The van der Waals surface area contributed by atoms with Gasteiger partial charge in [-0.15, -0.1) is 6.42 Å². The molecule has 0 bridgehead atoms. The maximum atomic E-state index is 13.2. The summed E-state index contributed by atoms with van der Waals surface area (Å²) in [4.78, 5) is 37.8. The first-order valence-electron chi connectivity index (χ1n) is 19.2. The van der Waals surface area contributed by atoms with Crippen molar-refractivity contribution in [2.75, 3.05) is 19.8 Å². The fraction of sp³-hybridized carbons (Fsp3) is 0.816. The fourth-order valence-corrected chi connectivity index (χ4v) is 6.39. The number of unbranched alkanes of at least 4 members (excludes halogenated alkanes) is 21. The zero-order chi connectivity index (χ0) is 36.5. The van der Waals surface area contributed by atoms with Crippen molar-refractivity contribution in [3.63, 3.8) is 0 Å². The number of amides is 1. The van der Waals surface area contributed by atoms with Gasteiger partial charge in [0.15, 0.2) is 0 Å². The summed E-state index contributed by atoms with van der Waals surface area (Å²) in [5.74, 6) is 2.30. The van der Waals surface area contributed by atoms with Crippen LogP contribution in [-0.4, -0.2) is 47.6 Å². The zero-order valence-electron chi connectivity index (χ0n) is 30.3. The first-order chi connectivity index (χ1) is 24.2. The number of carbonyl (C=O) groups is 1. The van der Waals surface area contributed by atoms with E-state index in [1.165, 1.54) is 122 Å². The smallest absolute Gasteiger partial charge is 0.423 e. The molecule has 1 aliphatic rings. The molecule has 1 amide bonds. The van der Waals surface area contributed by atoms with Crippen molar-refractivity contribution in [2.24, 2.45) is 0 Å². The SMILES string of the molecule is C#CCO[C@H]1C[C@H](n2cc(C(F)(F)F)c(=O)[nH]c2=O)O[C@@H]1COC(=O)NCCCCCCCCCCCCCCCCCCCCCCCC. The number of hydrogen-bond acceptors (Lipinski definition) is 6. The van der Waals surface area contributed by atoms with Crippen molar-refractivity contribution >= 4 is 6.09 Å². The lowest BCUT2D eigenvalue weighted by atomic mass is 10.0. The third-order valence-electron chi connectivity index (χ3n) is 9.32. The highest BCUT2D eigenvalue weighted by Gasteiger charge is 2.40. The van der Waals surface area contributed by atoms with E-state index in [-0.39, 0.29) is 19.6 Å². The van der Waals surface area contributed by atoms with Gasteiger partial charge in [0.2, 0.25) is 0 Å². The maximum Gasteiger partial charge on any atom is 0.423 e. The third-order valence-corrected chi connectivity index (χ3v) is 9.32. The van der Waals surface area contributed by atoms with Crippen molar-refractivity contribution in [1.29, 1.82) is 0 Å².